The Kier molecular flexibility index (Phi) is 5.89. The van der Waals surface area contributed by atoms with Crippen LogP contribution in [0.15, 0.2) is 73.3 Å². The first-order chi connectivity index (χ1) is 14.7. The molecule has 3 aromatic heterocycles. The van der Waals surface area contributed by atoms with E-state index in [4.69, 9.17) is 4.98 Å². The molecule has 1 atom stereocenters. The van der Waals surface area contributed by atoms with E-state index < -0.39 is 0 Å². The van der Waals surface area contributed by atoms with Gasteiger partial charge in [0, 0.05) is 43.0 Å². The molecule has 2 N–H and O–H groups in total. The molecule has 150 valence electrons. The Bertz CT molecular complexity index is 1130. The molecule has 0 aliphatic rings. The van der Waals surface area contributed by atoms with Gasteiger partial charge in [-0.05, 0) is 30.2 Å². The van der Waals surface area contributed by atoms with Gasteiger partial charge in [0.1, 0.15) is 5.82 Å². The van der Waals surface area contributed by atoms with Crippen LogP contribution in [0, 0.1) is 0 Å². The first-order valence-electron chi connectivity index (χ1n) is 9.76. The summed E-state index contributed by atoms with van der Waals surface area (Å²) in [5.74, 6) is 1.24. The van der Waals surface area contributed by atoms with Gasteiger partial charge in [0.2, 0.25) is 5.91 Å². The molecule has 0 aliphatic heterocycles. The first-order valence-corrected chi connectivity index (χ1v) is 9.76. The average molecular weight is 398 g/mol. The van der Waals surface area contributed by atoms with Gasteiger partial charge >= 0.3 is 0 Å². The maximum Gasteiger partial charge on any atom is 0.217 e. The molecule has 0 bridgehead atoms. The number of rotatable bonds is 7. The van der Waals surface area contributed by atoms with Gasteiger partial charge in [-0.2, -0.15) is 0 Å². The summed E-state index contributed by atoms with van der Waals surface area (Å²) in [4.78, 5) is 29.4. The summed E-state index contributed by atoms with van der Waals surface area (Å²) in [6, 6.07) is 15.6. The largest absolute Gasteiger partial charge is 0.367 e. The van der Waals surface area contributed by atoms with E-state index in [9.17, 15) is 4.79 Å². The number of anilines is 1. The van der Waals surface area contributed by atoms with Crippen LogP contribution in [-0.4, -0.2) is 38.4 Å². The minimum atomic E-state index is -0.0823. The summed E-state index contributed by atoms with van der Waals surface area (Å²) < 4.78 is 0. The molecule has 0 spiro atoms. The number of hydrogen-bond acceptors (Lipinski definition) is 6. The lowest BCUT2D eigenvalue weighted by atomic mass is 10.1. The quantitative estimate of drug-likeness (QED) is 0.496. The second kappa shape index (κ2) is 9.09. The first kappa shape index (κ1) is 19.4. The number of benzene rings is 1. The predicted octanol–water partition coefficient (Wildman–Crippen LogP) is 3.25. The van der Waals surface area contributed by atoms with E-state index in [2.05, 4.69) is 37.7 Å². The Morgan fingerprint density at radius 3 is 2.50 bits per heavy atom. The molecule has 0 aliphatic carbocycles. The highest BCUT2D eigenvalue weighted by Crippen LogP contribution is 2.24. The maximum atomic E-state index is 11.7. The van der Waals surface area contributed by atoms with E-state index in [-0.39, 0.29) is 11.9 Å². The molecule has 3 heterocycles. The van der Waals surface area contributed by atoms with Crippen LogP contribution < -0.4 is 10.6 Å². The number of carbonyl (C=O) groups excluding carboxylic acids is 1. The van der Waals surface area contributed by atoms with Crippen LogP contribution in [0.1, 0.15) is 12.5 Å². The summed E-state index contributed by atoms with van der Waals surface area (Å²) in [6.45, 7) is 2.06. The standard InChI is InChI=1S/C23H22N6O/c1-16(30)27-19(13-17-5-3-2-4-6-17)14-26-23-20-9-12-25-15-21(20)28-22(29-23)18-7-10-24-11-8-18/h2-12,15,19H,13-14H2,1H3,(H,27,30)(H,26,28,29)/t19-/m0/s1. The molecule has 1 aromatic carbocycles. The minimum absolute atomic E-state index is 0.0630. The number of aromatic nitrogens is 4. The second-order valence-corrected chi connectivity index (χ2v) is 6.99. The molecule has 7 heteroatoms. The Hall–Kier alpha value is -3.87. The summed E-state index contributed by atoms with van der Waals surface area (Å²) >= 11 is 0. The van der Waals surface area contributed by atoms with Crippen LogP contribution in [0.5, 0.6) is 0 Å². The number of nitrogens with one attached hydrogen (secondary N) is 2. The SMILES string of the molecule is CC(=O)N[C@H](CNc1nc(-c2ccncc2)nc2cnccc12)Cc1ccccc1. The van der Waals surface area contributed by atoms with E-state index in [1.807, 2.05) is 36.4 Å². The van der Waals surface area contributed by atoms with Crippen LogP contribution in [-0.2, 0) is 11.2 Å². The molecular weight excluding hydrogens is 376 g/mol. The van der Waals surface area contributed by atoms with Gasteiger partial charge in [-0.15, -0.1) is 0 Å². The number of hydrogen-bond donors (Lipinski definition) is 2. The van der Waals surface area contributed by atoms with Gasteiger partial charge in [0.15, 0.2) is 5.82 Å². The Labute approximate surface area is 174 Å². The Balaban J connectivity index is 1.62. The summed E-state index contributed by atoms with van der Waals surface area (Å²) in [5.41, 5.74) is 2.79. The second-order valence-electron chi connectivity index (χ2n) is 6.99. The van der Waals surface area contributed by atoms with E-state index in [1.54, 1.807) is 24.8 Å². The van der Waals surface area contributed by atoms with Crippen molar-refractivity contribution in [3.63, 3.8) is 0 Å². The van der Waals surface area contributed by atoms with Crippen molar-refractivity contribution in [1.82, 2.24) is 25.3 Å². The number of carbonyl (C=O) groups is 1. The van der Waals surface area contributed by atoms with Gasteiger partial charge in [0.05, 0.1) is 17.8 Å². The average Bonchev–Trinajstić information content (AvgIpc) is 2.78. The Morgan fingerprint density at radius 2 is 1.73 bits per heavy atom. The highest BCUT2D eigenvalue weighted by molar-refractivity contribution is 5.90. The minimum Gasteiger partial charge on any atom is -0.367 e. The van der Waals surface area contributed by atoms with Crippen LogP contribution in [0.2, 0.25) is 0 Å². The predicted molar refractivity (Wildman–Crippen MR) is 117 cm³/mol. The van der Waals surface area contributed by atoms with Gasteiger partial charge in [-0.3, -0.25) is 14.8 Å². The molecule has 4 rings (SSSR count). The highest BCUT2D eigenvalue weighted by Gasteiger charge is 2.14. The van der Waals surface area contributed by atoms with Crippen LogP contribution >= 0.6 is 0 Å². The lowest BCUT2D eigenvalue weighted by molar-refractivity contribution is -0.119. The number of nitrogens with zero attached hydrogens (tertiary/aromatic N) is 4. The third-order valence-corrected chi connectivity index (χ3v) is 4.69. The number of fused-ring (bicyclic) bond motifs is 1. The third-order valence-electron chi connectivity index (χ3n) is 4.69. The molecular formula is C23H22N6O. The van der Waals surface area contributed by atoms with Crippen molar-refractivity contribution in [3.05, 3.63) is 78.9 Å². The number of pyridine rings is 2. The molecule has 0 saturated heterocycles. The maximum absolute atomic E-state index is 11.7. The molecule has 0 radical (unpaired) electrons. The molecule has 4 aromatic rings. The fraction of sp³-hybridized carbons (Fsp3) is 0.174. The van der Waals surface area contributed by atoms with Crippen LogP contribution in [0.25, 0.3) is 22.3 Å². The van der Waals surface area contributed by atoms with Gasteiger partial charge in [-0.25, -0.2) is 9.97 Å². The van der Waals surface area contributed by atoms with Crippen molar-refractivity contribution in [3.8, 4) is 11.4 Å². The van der Waals surface area contributed by atoms with Crippen LogP contribution in [0.3, 0.4) is 0 Å². The zero-order valence-electron chi connectivity index (χ0n) is 16.6. The normalized spacial score (nSPS) is 11.8. The smallest absolute Gasteiger partial charge is 0.217 e. The fourth-order valence-corrected chi connectivity index (χ4v) is 3.33. The topological polar surface area (TPSA) is 92.7 Å². The molecule has 0 unspecified atom stereocenters. The van der Waals surface area contributed by atoms with Crippen molar-refractivity contribution in [2.75, 3.05) is 11.9 Å². The monoisotopic (exact) mass is 398 g/mol. The van der Waals surface area contributed by atoms with E-state index in [1.165, 1.54) is 6.92 Å². The lowest BCUT2D eigenvalue weighted by Gasteiger charge is -2.20. The Morgan fingerprint density at radius 1 is 0.967 bits per heavy atom. The fourth-order valence-electron chi connectivity index (χ4n) is 3.33. The van der Waals surface area contributed by atoms with Crippen LogP contribution in [0.4, 0.5) is 5.82 Å². The summed E-state index contributed by atoms with van der Waals surface area (Å²) in [5, 5.41) is 7.32. The molecule has 0 saturated carbocycles. The molecule has 0 fully saturated rings. The molecule has 7 nitrogen and oxygen atoms in total. The number of amides is 1. The van der Waals surface area contributed by atoms with Gasteiger partial charge in [-0.1, -0.05) is 30.3 Å². The van der Waals surface area contributed by atoms with Gasteiger partial charge < -0.3 is 10.6 Å². The third kappa shape index (κ3) is 4.75. The van der Waals surface area contributed by atoms with Crippen molar-refractivity contribution >= 4 is 22.6 Å². The van der Waals surface area contributed by atoms with Gasteiger partial charge in [0.25, 0.3) is 0 Å². The highest BCUT2D eigenvalue weighted by atomic mass is 16.1. The van der Waals surface area contributed by atoms with Crippen molar-refractivity contribution in [2.24, 2.45) is 0 Å². The van der Waals surface area contributed by atoms with E-state index >= 15 is 0 Å². The van der Waals surface area contributed by atoms with Crippen molar-refractivity contribution in [2.45, 2.75) is 19.4 Å². The molecule has 30 heavy (non-hydrogen) atoms. The summed E-state index contributed by atoms with van der Waals surface area (Å²) in [7, 11) is 0. The lowest BCUT2D eigenvalue weighted by Crippen LogP contribution is -2.40. The van der Waals surface area contributed by atoms with E-state index in [0.717, 1.165) is 28.5 Å². The van der Waals surface area contributed by atoms with Crippen molar-refractivity contribution < 1.29 is 4.79 Å². The zero-order valence-corrected chi connectivity index (χ0v) is 16.6. The summed E-state index contributed by atoms with van der Waals surface area (Å²) in [6.07, 6.45) is 7.59. The van der Waals surface area contributed by atoms with Crippen molar-refractivity contribution in [1.29, 1.82) is 0 Å². The molecule has 1 amide bonds. The van der Waals surface area contributed by atoms with E-state index in [0.29, 0.717) is 18.2 Å². The zero-order chi connectivity index (χ0) is 20.8.